The van der Waals surface area contributed by atoms with E-state index in [1.807, 2.05) is 0 Å². The van der Waals surface area contributed by atoms with E-state index in [4.69, 9.17) is 5.73 Å². The molecule has 90 valence electrons. The van der Waals surface area contributed by atoms with E-state index in [0.29, 0.717) is 0 Å². The van der Waals surface area contributed by atoms with Gasteiger partial charge in [0, 0.05) is 23.1 Å². The Hall–Kier alpha value is -1.28. The number of hydrogen-bond donors (Lipinski definition) is 1. The fourth-order valence-electron chi connectivity index (χ4n) is 2.59. The van der Waals surface area contributed by atoms with Gasteiger partial charge in [-0.15, -0.1) is 0 Å². The molecule has 0 radical (unpaired) electrons. The van der Waals surface area contributed by atoms with Crippen LogP contribution >= 0.6 is 0 Å². The average Bonchev–Trinajstić information content (AvgIpc) is 3.10. The molecule has 2 heteroatoms. The van der Waals surface area contributed by atoms with Gasteiger partial charge in [-0.05, 0) is 56.8 Å². The first kappa shape index (κ1) is 10.8. The van der Waals surface area contributed by atoms with Crippen LogP contribution in [0, 0.1) is 6.92 Å². The van der Waals surface area contributed by atoms with Crippen LogP contribution < -0.4 is 5.73 Å². The van der Waals surface area contributed by atoms with Crippen molar-refractivity contribution < 1.29 is 0 Å². The van der Waals surface area contributed by atoms with E-state index in [0.717, 1.165) is 25.4 Å². The Kier molecular flexibility index (Phi) is 2.67. The SMILES string of the molecule is Cc1ccc2c(c1)c(CCCN)cn2C1CC1. The van der Waals surface area contributed by atoms with Crippen LogP contribution in [0.25, 0.3) is 10.9 Å². The van der Waals surface area contributed by atoms with Crippen molar-refractivity contribution in [2.45, 2.75) is 38.6 Å². The van der Waals surface area contributed by atoms with Crippen molar-refractivity contribution in [1.82, 2.24) is 4.57 Å². The Morgan fingerprint density at radius 1 is 1.35 bits per heavy atom. The van der Waals surface area contributed by atoms with Crippen molar-refractivity contribution in [1.29, 1.82) is 0 Å². The van der Waals surface area contributed by atoms with Crippen LogP contribution in [0.5, 0.6) is 0 Å². The van der Waals surface area contributed by atoms with Crippen LogP contribution in [-0.2, 0) is 6.42 Å². The zero-order chi connectivity index (χ0) is 11.8. The van der Waals surface area contributed by atoms with Crippen LogP contribution in [0.3, 0.4) is 0 Å². The number of rotatable bonds is 4. The van der Waals surface area contributed by atoms with Gasteiger partial charge in [0.1, 0.15) is 0 Å². The number of benzene rings is 1. The molecule has 17 heavy (non-hydrogen) atoms. The van der Waals surface area contributed by atoms with Gasteiger partial charge in [-0.1, -0.05) is 11.6 Å². The van der Waals surface area contributed by atoms with Crippen LogP contribution in [0.2, 0.25) is 0 Å². The summed E-state index contributed by atoms with van der Waals surface area (Å²) >= 11 is 0. The van der Waals surface area contributed by atoms with Crippen molar-refractivity contribution in [3.8, 4) is 0 Å². The highest BCUT2D eigenvalue weighted by Crippen LogP contribution is 2.39. The van der Waals surface area contributed by atoms with Gasteiger partial charge in [0.05, 0.1) is 0 Å². The smallest absolute Gasteiger partial charge is 0.0485 e. The van der Waals surface area contributed by atoms with E-state index in [1.54, 1.807) is 0 Å². The summed E-state index contributed by atoms with van der Waals surface area (Å²) in [6.07, 6.45) is 7.23. The standard InChI is InChI=1S/C15H20N2/c1-11-4-7-15-14(9-11)12(3-2-8-16)10-17(15)13-5-6-13/h4,7,9-10,13H,2-3,5-6,8,16H2,1H3. The highest BCUT2D eigenvalue weighted by Gasteiger charge is 2.25. The lowest BCUT2D eigenvalue weighted by molar-refractivity contribution is 0.763. The number of nitrogens with zero attached hydrogens (tertiary/aromatic N) is 1. The molecule has 0 bridgehead atoms. The van der Waals surface area contributed by atoms with Crippen LogP contribution in [0.1, 0.15) is 36.4 Å². The average molecular weight is 228 g/mol. The maximum absolute atomic E-state index is 5.62. The summed E-state index contributed by atoms with van der Waals surface area (Å²) in [5.41, 5.74) is 9.85. The molecule has 0 aliphatic heterocycles. The molecule has 0 atom stereocenters. The van der Waals surface area contributed by atoms with Gasteiger partial charge in [-0.25, -0.2) is 0 Å². The minimum atomic E-state index is 0.756. The Balaban J connectivity index is 2.09. The Bertz CT molecular complexity index is 535. The Labute approximate surface area is 102 Å². The molecule has 1 aromatic carbocycles. The molecule has 2 N–H and O–H groups in total. The van der Waals surface area contributed by atoms with Crippen molar-refractivity contribution in [2.75, 3.05) is 6.54 Å². The molecule has 2 nitrogen and oxygen atoms in total. The number of hydrogen-bond acceptors (Lipinski definition) is 1. The number of aromatic nitrogens is 1. The summed E-state index contributed by atoms with van der Waals surface area (Å²) < 4.78 is 2.47. The summed E-state index contributed by atoms with van der Waals surface area (Å²) in [7, 11) is 0. The number of fused-ring (bicyclic) bond motifs is 1. The molecule has 2 aromatic rings. The van der Waals surface area contributed by atoms with Crippen LogP contribution in [0.4, 0.5) is 0 Å². The molecule has 1 heterocycles. The van der Waals surface area contributed by atoms with Crippen molar-refractivity contribution in [3.05, 3.63) is 35.5 Å². The molecular formula is C15H20N2. The molecule has 1 aliphatic rings. The van der Waals surface area contributed by atoms with Crippen LogP contribution in [-0.4, -0.2) is 11.1 Å². The largest absolute Gasteiger partial charge is 0.344 e. The van der Waals surface area contributed by atoms with Gasteiger partial charge in [0.25, 0.3) is 0 Å². The van der Waals surface area contributed by atoms with E-state index in [2.05, 4.69) is 35.9 Å². The molecule has 0 unspecified atom stereocenters. The first-order valence-corrected chi connectivity index (χ1v) is 6.60. The summed E-state index contributed by atoms with van der Waals surface area (Å²) in [6, 6.07) is 7.56. The molecule has 0 amide bonds. The van der Waals surface area contributed by atoms with Gasteiger partial charge in [0.2, 0.25) is 0 Å². The molecular weight excluding hydrogens is 208 g/mol. The quantitative estimate of drug-likeness (QED) is 0.856. The molecule has 1 saturated carbocycles. The fraction of sp³-hybridized carbons (Fsp3) is 0.467. The van der Waals surface area contributed by atoms with E-state index < -0.39 is 0 Å². The van der Waals surface area contributed by atoms with E-state index in [9.17, 15) is 0 Å². The summed E-state index contributed by atoms with van der Waals surface area (Å²) in [5, 5.41) is 1.44. The fourth-order valence-corrected chi connectivity index (χ4v) is 2.59. The Morgan fingerprint density at radius 3 is 2.88 bits per heavy atom. The highest BCUT2D eigenvalue weighted by molar-refractivity contribution is 5.85. The predicted octanol–water partition coefficient (Wildman–Crippen LogP) is 3.18. The molecule has 1 fully saturated rings. The maximum atomic E-state index is 5.62. The Morgan fingerprint density at radius 2 is 2.18 bits per heavy atom. The second-order valence-electron chi connectivity index (χ2n) is 5.21. The lowest BCUT2D eigenvalue weighted by Crippen LogP contribution is -2.00. The summed E-state index contributed by atoms with van der Waals surface area (Å²) in [5.74, 6) is 0. The first-order chi connectivity index (χ1) is 8.29. The monoisotopic (exact) mass is 228 g/mol. The zero-order valence-electron chi connectivity index (χ0n) is 10.4. The third-order valence-corrected chi connectivity index (χ3v) is 3.66. The molecule has 1 aromatic heterocycles. The van der Waals surface area contributed by atoms with Crippen molar-refractivity contribution >= 4 is 10.9 Å². The first-order valence-electron chi connectivity index (χ1n) is 6.60. The van der Waals surface area contributed by atoms with Gasteiger partial charge in [-0.2, -0.15) is 0 Å². The lowest BCUT2D eigenvalue weighted by Gasteiger charge is -2.02. The third kappa shape index (κ3) is 1.98. The lowest BCUT2D eigenvalue weighted by atomic mass is 10.1. The molecule has 0 spiro atoms. The van der Waals surface area contributed by atoms with Gasteiger partial charge in [-0.3, -0.25) is 0 Å². The third-order valence-electron chi connectivity index (χ3n) is 3.66. The predicted molar refractivity (Wildman–Crippen MR) is 72.3 cm³/mol. The van der Waals surface area contributed by atoms with Crippen LogP contribution in [0.15, 0.2) is 24.4 Å². The van der Waals surface area contributed by atoms with Crippen molar-refractivity contribution in [2.24, 2.45) is 5.73 Å². The maximum Gasteiger partial charge on any atom is 0.0485 e. The minimum Gasteiger partial charge on any atom is -0.344 e. The topological polar surface area (TPSA) is 30.9 Å². The summed E-state index contributed by atoms with van der Waals surface area (Å²) in [6.45, 7) is 2.95. The summed E-state index contributed by atoms with van der Waals surface area (Å²) in [4.78, 5) is 0. The number of nitrogens with two attached hydrogens (primary N) is 1. The molecule has 1 aliphatic carbocycles. The molecule has 0 saturated heterocycles. The van der Waals surface area contributed by atoms with Crippen molar-refractivity contribution in [3.63, 3.8) is 0 Å². The minimum absolute atomic E-state index is 0.756. The zero-order valence-corrected chi connectivity index (χ0v) is 10.4. The van der Waals surface area contributed by atoms with Gasteiger partial charge < -0.3 is 10.3 Å². The van der Waals surface area contributed by atoms with Gasteiger partial charge >= 0.3 is 0 Å². The second-order valence-corrected chi connectivity index (χ2v) is 5.21. The highest BCUT2D eigenvalue weighted by atomic mass is 15.0. The second kappa shape index (κ2) is 4.19. The molecule has 3 rings (SSSR count). The van der Waals surface area contributed by atoms with E-state index >= 15 is 0 Å². The van der Waals surface area contributed by atoms with Gasteiger partial charge in [0.15, 0.2) is 0 Å². The van der Waals surface area contributed by atoms with E-state index in [-0.39, 0.29) is 0 Å². The van der Waals surface area contributed by atoms with E-state index in [1.165, 1.54) is 34.9 Å². The number of aryl methyl sites for hydroxylation is 2. The normalized spacial score (nSPS) is 15.6.